The number of likely N-dealkylation sites (tertiary alicyclic amines) is 1. The van der Waals surface area contributed by atoms with Crippen molar-refractivity contribution in [1.29, 1.82) is 0 Å². The van der Waals surface area contributed by atoms with Crippen molar-refractivity contribution in [3.05, 3.63) is 24.0 Å². The molecule has 0 radical (unpaired) electrons. The van der Waals surface area contributed by atoms with Gasteiger partial charge in [0.25, 0.3) is 5.91 Å². The topological polar surface area (TPSA) is 45.5 Å². The number of aliphatic hydroxyl groups is 1. The molecule has 116 valence electrons. The van der Waals surface area contributed by atoms with Gasteiger partial charge in [-0.3, -0.25) is 4.79 Å². The fourth-order valence-electron chi connectivity index (χ4n) is 3.82. The van der Waals surface area contributed by atoms with Crippen LogP contribution in [0.1, 0.15) is 62.0 Å². The highest BCUT2D eigenvalue weighted by atomic mass is 16.3. The first-order valence-electron chi connectivity index (χ1n) is 8.31. The summed E-state index contributed by atoms with van der Waals surface area (Å²) in [6.07, 6.45) is 8.56. The molecular formula is C17H26N2O2. The Morgan fingerprint density at radius 1 is 1.24 bits per heavy atom. The van der Waals surface area contributed by atoms with E-state index in [-0.39, 0.29) is 12.0 Å². The van der Waals surface area contributed by atoms with Crippen molar-refractivity contribution in [3.8, 4) is 0 Å². The van der Waals surface area contributed by atoms with Crippen LogP contribution in [0.25, 0.3) is 0 Å². The van der Waals surface area contributed by atoms with Gasteiger partial charge in [0.05, 0.1) is 6.10 Å². The van der Waals surface area contributed by atoms with Crippen molar-refractivity contribution in [2.24, 2.45) is 5.92 Å². The van der Waals surface area contributed by atoms with Crippen LogP contribution in [0.5, 0.6) is 0 Å². The third-order valence-electron chi connectivity index (χ3n) is 5.23. The van der Waals surface area contributed by atoms with Gasteiger partial charge in [0.15, 0.2) is 0 Å². The van der Waals surface area contributed by atoms with Crippen LogP contribution in [0.15, 0.2) is 18.3 Å². The van der Waals surface area contributed by atoms with Crippen molar-refractivity contribution in [2.75, 3.05) is 13.1 Å². The van der Waals surface area contributed by atoms with Gasteiger partial charge in [-0.2, -0.15) is 0 Å². The predicted octanol–water partition coefficient (Wildman–Crippen LogP) is 2.84. The number of amides is 1. The Bertz CT molecular complexity index is 481. The maximum Gasteiger partial charge on any atom is 0.270 e. The first-order valence-corrected chi connectivity index (χ1v) is 8.31. The van der Waals surface area contributed by atoms with Gasteiger partial charge < -0.3 is 14.6 Å². The van der Waals surface area contributed by atoms with Crippen LogP contribution < -0.4 is 0 Å². The highest BCUT2D eigenvalue weighted by Crippen LogP contribution is 2.31. The van der Waals surface area contributed by atoms with Crippen LogP contribution in [-0.2, 0) is 0 Å². The third-order valence-corrected chi connectivity index (χ3v) is 5.23. The molecule has 1 unspecified atom stereocenters. The lowest BCUT2D eigenvalue weighted by Gasteiger charge is -2.33. The summed E-state index contributed by atoms with van der Waals surface area (Å²) in [5.41, 5.74) is 0.845. The second-order valence-corrected chi connectivity index (χ2v) is 6.61. The molecule has 0 spiro atoms. The summed E-state index contributed by atoms with van der Waals surface area (Å²) in [6.45, 7) is 3.39. The quantitative estimate of drug-likeness (QED) is 0.930. The van der Waals surface area contributed by atoms with E-state index in [1.54, 1.807) is 0 Å². The van der Waals surface area contributed by atoms with E-state index in [9.17, 15) is 9.90 Å². The Hall–Kier alpha value is -1.29. The standard InChI is InChI=1S/C17H26N2O2/c1-13(20)14-8-11-18(12-9-14)17(21)16-7-4-10-19(16)15-5-2-3-6-15/h4,7,10,13-15,20H,2-3,5-6,8-9,11-12H2,1H3. The number of aromatic nitrogens is 1. The van der Waals surface area contributed by atoms with E-state index in [0.29, 0.717) is 12.0 Å². The van der Waals surface area contributed by atoms with E-state index in [1.165, 1.54) is 25.7 Å². The number of hydrogen-bond acceptors (Lipinski definition) is 2. The number of piperidine rings is 1. The number of nitrogens with zero attached hydrogens (tertiary/aromatic N) is 2. The Kier molecular flexibility index (Phi) is 4.34. The molecule has 1 atom stereocenters. The van der Waals surface area contributed by atoms with Crippen molar-refractivity contribution >= 4 is 5.91 Å². The van der Waals surface area contributed by atoms with Gasteiger partial charge >= 0.3 is 0 Å². The van der Waals surface area contributed by atoms with Crippen molar-refractivity contribution in [1.82, 2.24) is 9.47 Å². The summed E-state index contributed by atoms with van der Waals surface area (Å²) in [4.78, 5) is 14.7. The summed E-state index contributed by atoms with van der Waals surface area (Å²) >= 11 is 0. The molecule has 1 N–H and O–H groups in total. The Morgan fingerprint density at radius 3 is 2.52 bits per heavy atom. The second-order valence-electron chi connectivity index (χ2n) is 6.61. The van der Waals surface area contributed by atoms with Crippen LogP contribution in [0.2, 0.25) is 0 Å². The van der Waals surface area contributed by atoms with Crippen LogP contribution in [-0.4, -0.2) is 39.7 Å². The molecule has 2 heterocycles. The lowest BCUT2D eigenvalue weighted by Crippen LogP contribution is -2.41. The summed E-state index contributed by atoms with van der Waals surface area (Å²) in [6, 6.07) is 4.46. The molecule has 0 aromatic carbocycles. The monoisotopic (exact) mass is 290 g/mol. The lowest BCUT2D eigenvalue weighted by atomic mass is 9.92. The van der Waals surface area contributed by atoms with Crippen LogP contribution in [0.4, 0.5) is 0 Å². The van der Waals surface area contributed by atoms with Crippen molar-refractivity contribution < 1.29 is 9.90 Å². The zero-order valence-corrected chi connectivity index (χ0v) is 12.9. The summed E-state index contributed by atoms with van der Waals surface area (Å²) in [7, 11) is 0. The molecule has 1 aliphatic carbocycles. The van der Waals surface area contributed by atoms with E-state index in [0.717, 1.165) is 31.6 Å². The SMILES string of the molecule is CC(O)C1CCN(C(=O)c2cccn2C2CCCC2)CC1. The van der Waals surface area contributed by atoms with Gasteiger partial charge in [-0.05, 0) is 50.7 Å². The molecule has 21 heavy (non-hydrogen) atoms. The Balaban J connectivity index is 1.67. The van der Waals surface area contributed by atoms with E-state index >= 15 is 0 Å². The van der Waals surface area contributed by atoms with Gasteiger partial charge in [-0.1, -0.05) is 12.8 Å². The Labute approximate surface area is 126 Å². The molecule has 1 saturated carbocycles. The highest BCUT2D eigenvalue weighted by molar-refractivity contribution is 5.92. The van der Waals surface area contributed by atoms with Crippen molar-refractivity contribution in [2.45, 2.75) is 57.6 Å². The molecule has 1 saturated heterocycles. The summed E-state index contributed by atoms with van der Waals surface area (Å²) < 4.78 is 2.19. The third kappa shape index (κ3) is 3.00. The van der Waals surface area contributed by atoms with E-state index < -0.39 is 0 Å². The predicted molar refractivity (Wildman–Crippen MR) is 82.2 cm³/mol. The summed E-state index contributed by atoms with van der Waals surface area (Å²) in [5.74, 6) is 0.506. The lowest BCUT2D eigenvalue weighted by molar-refractivity contribution is 0.0512. The molecule has 1 aliphatic heterocycles. The zero-order valence-electron chi connectivity index (χ0n) is 12.9. The Morgan fingerprint density at radius 2 is 1.90 bits per heavy atom. The molecule has 2 fully saturated rings. The average Bonchev–Trinajstić information content (AvgIpc) is 3.17. The smallest absolute Gasteiger partial charge is 0.270 e. The number of carbonyl (C=O) groups is 1. The molecule has 0 bridgehead atoms. The average molecular weight is 290 g/mol. The molecule has 2 aliphatic rings. The molecule has 4 heteroatoms. The van der Waals surface area contributed by atoms with Gasteiger partial charge in [0.1, 0.15) is 5.69 Å². The molecule has 1 aromatic rings. The number of aliphatic hydroxyl groups excluding tert-OH is 1. The van der Waals surface area contributed by atoms with Gasteiger partial charge in [-0.25, -0.2) is 0 Å². The van der Waals surface area contributed by atoms with Crippen LogP contribution in [0, 0.1) is 5.92 Å². The van der Waals surface area contributed by atoms with E-state index in [2.05, 4.69) is 10.8 Å². The van der Waals surface area contributed by atoms with Crippen LogP contribution in [0.3, 0.4) is 0 Å². The minimum Gasteiger partial charge on any atom is -0.393 e. The minimum absolute atomic E-state index is 0.163. The van der Waals surface area contributed by atoms with E-state index in [4.69, 9.17) is 0 Å². The fourth-order valence-corrected chi connectivity index (χ4v) is 3.82. The van der Waals surface area contributed by atoms with Crippen molar-refractivity contribution in [3.63, 3.8) is 0 Å². The van der Waals surface area contributed by atoms with Gasteiger partial charge in [-0.15, -0.1) is 0 Å². The zero-order chi connectivity index (χ0) is 14.8. The molecule has 1 amide bonds. The molecule has 4 nitrogen and oxygen atoms in total. The molecule has 1 aromatic heterocycles. The van der Waals surface area contributed by atoms with Gasteiger partial charge in [0, 0.05) is 25.3 Å². The first kappa shape index (κ1) is 14.6. The first-order chi connectivity index (χ1) is 10.2. The summed E-state index contributed by atoms with van der Waals surface area (Å²) in [5, 5.41) is 9.67. The number of carbonyl (C=O) groups excluding carboxylic acids is 1. The van der Waals surface area contributed by atoms with E-state index in [1.807, 2.05) is 24.0 Å². The fraction of sp³-hybridized carbons (Fsp3) is 0.706. The highest BCUT2D eigenvalue weighted by Gasteiger charge is 2.28. The second kappa shape index (κ2) is 6.22. The molecule has 3 rings (SSSR count). The normalized spacial score (nSPS) is 22.7. The molecular weight excluding hydrogens is 264 g/mol. The number of rotatable bonds is 3. The maximum atomic E-state index is 12.8. The minimum atomic E-state index is -0.260. The number of hydrogen-bond donors (Lipinski definition) is 1. The van der Waals surface area contributed by atoms with Gasteiger partial charge in [0.2, 0.25) is 0 Å². The largest absolute Gasteiger partial charge is 0.393 e. The van der Waals surface area contributed by atoms with Crippen LogP contribution >= 0.6 is 0 Å². The maximum absolute atomic E-state index is 12.8.